The van der Waals surface area contributed by atoms with Crippen LogP contribution in [0.4, 0.5) is 5.69 Å². The van der Waals surface area contributed by atoms with E-state index >= 15 is 0 Å². The van der Waals surface area contributed by atoms with Gasteiger partial charge >= 0.3 is 5.97 Å². The van der Waals surface area contributed by atoms with Gasteiger partial charge in [0.25, 0.3) is 0 Å². The van der Waals surface area contributed by atoms with Crippen molar-refractivity contribution in [3.63, 3.8) is 0 Å². The van der Waals surface area contributed by atoms with E-state index < -0.39 is 0 Å². The first-order valence-corrected chi connectivity index (χ1v) is 8.93. The Balaban J connectivity index is 1.61. The first kappa shape index (κ1) is 19.2. The van der Waals surface area contributed by atoms with E-state index in [-0.39, 0.29) is 11.9 Å². The van der Waals surface area contributed by atoms with E-state index in [0.29, 0.717) is 29.2 Å². The summed E-state index contributed by atoms with van der Waals surface area (Å²) < 4.78 is 15.9. The number of carbonyl (C=O) groups excluding carboxylic acids is 2. The van der Waals surface area contributed by atoms with Gasteiger partial charge < -0.3 is 19.2 Å². The smallest absolute Gasteiger partial charge is 0.338 e. The SMILES string of the molecule is CCCOC(=O)c1ccc(NC(=O)/C=C/c2cc3cc(OC)ccc3o2)cc1. The number of benzene rings is 2. The zero-order chi connectivity index (χ0) is 19.9. The number of ether oxygens (including phenoxy) is 2. The molecule has 3 rings (SSSR count). The number of nitrogens with one attached hydrogen (secondary N) is 1. The predicted octanol–water partition coefficient (Wildman–Crippen LogP) is 4.66. The number of hydrogen-bond donors (Lipinski definition) is 1. The van der Waals surface area contributed by atoms with Gasteiger partial charge in [-0.15, -0.1) is 0 Å². The molecule has 0 spiro atoms. The molecule has 0 aliphatic rings. The fraction of sp³-hybridized carbons (Fsp3) is 0.182. The summed E-state index contributed by atoms with van der Waals surface area (Å²) in [6.07, 6.45) is 3.75. The summed E-state index contributed by atoms with van der Waals surface area (Å²) in [5, 5.41) is 3.63. The lowest BCUT2D eigenvalue weighted by Crippen LogP contribution is -2.09. The van der Waals surface area contributed by atoms with Crippen LogP contribution in [-0.2, 0) is 9.53 Å². The molecule has 0 bridgehead atoms. The Morgan fingerprint density at radius 3 is 2.61 bits per heavy atom. The van der Waals surface area contributed by atoms with E-state index in [1.807, 2.05) is 31.2 Å². The summed E-state index contributed by atoms with van der Waals surface area (Å²) in [7, 11) is 1.60. The maximum Gasteiger partial charge on any atom is 0.338 e. The van der Waals surface area contributed by atoms with E-state index in [0.717, 1.165) is 17.6 Å². The number of rotatable bonds is 7. The van der Waals surface area contributed by atoms with Crippen molar-refractivity contribution >= 4 is 34.6 Å². The van der Waals surface area contributed by atoms with Gasteiger partial charge in [0.1, 0.15) is 17.1 Å². The van der Waals surface area contributed by atoms with Crippen molar-refractivity contribution in [3.8, 4) is 5.75 Å². The van der Waals surface area contributed by atoms with E-state index in [4.69, 9.17) is 13.9 Å². The van der Waals surface area contributed by atoms with Gasteiger partial charge in [-0.05, 0) is 61.0 Å². The fourth-order valence-corrected chi connectivity index (χ4v) is 2.56. The maximum atomic E-state index is 12.1. The van der Waals surface area contributed by atoms with Gasteiger partial charge in [0.05, 0.1) is 19.3 Å². The van der Waals surface area contributed by atoms with E-state index in [2.05, 4.69) is 5.32 Å². The molecule has 0 aliphatic heterocycles. The van der Waals surface area contributed by atoms with Crippen LogP contribution >= 0.6 is 0 Å². The summed E-state index contributed by atoms with van der Waals surface area (Å²) in [6, 6.07) is 13.9. The molecule has 0 saturated heterocycles. The molecule has 1 heterocycles. The monoisotopic (exact) mass is 379 g/mol. The molecule has 0 aliphatic carbocycles. The average molecular weight is 379 g/mol. The van der Waals surface area contributed by atoms with Crippen molar-refractivity contribution in [3.05, 3.63) is 65.9 Å². The lowest BCUT2D eigenvalue weighted by atomic mass is 10.2. The standard InChI is InChI=1S/C22H21NO5/c1-3-12-27-22(25)15-4-6-17(7-5-15)23-21(24)11-9-19-14-16-13-18(26-2)8-10-20(16)28-19/h4-11,13-14H,3,12H2,1-2H3,(H,23,24)/b11-9+. The largest absolute Gasteiger partial charge is 0.497 e. The molecule has 1 N–H and O–H groups in total. The minimum absolute atomic E-state index is 0.306. The summed E-state index contributed by atoms with van der Waals surface area (Å²) in [6.45, 7) is 2.32. The third-order valence-electron chi connectivity index (χ3n) is 3.97. The highest BCUT2D eigenvalue weighted by molar-refractivity contribution is 6.02. The summed E-state index contributed by atoms with van der Waals surface area (Å²) >= 11 is 0. The van der Waals surface area contributed by atoms with Crippen molar-refractivity contribution in [1.29, 1.82) is 0 Å². The van der Waals surface area contributed by atoms with E-state index in [9.17, 15) is 9.59 Å². The molecule has 0 atom stereocenters. The predicted molar refractivity (Wildman–Crippen MR) is 107 cm³/mol. The zero-order valence-electron chi connectivity index (χ0n) is 15.7. The summed E-state index contributed by atoms with van der Waals surface area (Å²) in [5.74, 6) is 0.622. The molecular weight excluding hydrogens is 358 g/mol. The number of hydrogen-bond acceptors (Lipinski definition) is 5. The second-order valence-corrected chi connectivity index (χ2v) is 6.09. The summed E-state index contributed by atoms with van der Waals surface area (Å²) in [4.78, 5) is 23.9. The van der Waals surface area contributed by atoms with Gasteiger partial charge in [0, 0.05) is 17.1 Å². The maximum absolute atomic E-state index is 12.1. The Labute approximate surface area is 162 Å². The molecule has 0 saturated carbocycles. The number of methoxy groups -OCH3 is 1. The first-order chi connectivity index (χ1) is 13.6. The number of anilines is 1. The number of amides is 1. The normalized spacial score (nSPS) is 10.9. The molecule has 1 aromatic heterocycles. The lowest BCUT2D eigenvalue weighted by molar-refractivity contribution is -0.111. The second-order valence-electron chi connectivity index (χ2n) is 6.09. The van der Waals surface area contributed by atoms with Crippen LogP contribution in [0.3, 0.4) is 0 Å². The Hall–Kier alpha value is -3.54. The van der Waals surface area contributed by atoms with Crippen LogP contribution in [0.5, 0.6) is 5.75 Å². The van der Waals surface area contributed by atoms with Crippen molar-refractivity contribution < 1.29 is 23.5 Å². The number of furan rings is 1. The number of fused-ring (bicyclic) bond motifs is 1. The molecule has 0 radical (unpaired) electrons. The first-order valence-electron chi connectivity index (χ1n) is 8.93. The van der Waals surface area contributed by atoms with Crippen LogP contribution in [0.15, 0.2) is 59.0 Å². The summed E-state index contributed by atoms with van der Waals surface area (Å²) in [5.41, 5.74) is 1.74. The van der Waals surface area contributed by atoms with Crippen LogP contribution in [-0.4, -0.2) is 25.6 Å². The number of esters is 1. The van der Waals surface area contributed by atoms with Gasteiger partial charge in [0.2, 0.25) is 5.91 Å². The highest BCUT2D eigenvalue weighted by atomic mass is 16.5. The molecule has 28 heavy (non-hydrogen) atoms. The molecule has 2 aromatic carbocycles. The highest BCUT2D eigenvalue weighted by Crippen LogP contribution is 2.24. The quantitative estimate of drug-likeness (QED) is 0.477. The lowest BCUT2D eigenvalue weighted by Gasteiger charge is -2.05. The van der Waals surface area contributed by atoms with Gasteiger partial charge in [0.15, 0.2) is 0 Å². The topological polar surface area (TPSA) is 77.8 Å². The third-order valence-corrected chi connectivity index (χ3v) is 3.97. The fourth-order valence-electron chi connectivity index (χ4n) is 2.56. The van der Waals surface area contributed by atoms with Crippen molar-refractivity contribution in [2.45, 2.75) is 13.3 Å². The van der Waals surface area contributed by atoms with Crippen LogP contribution in [0, 0.1) is 0 Å². The second kappa shape index (κ2) is 8.90. The van der Waals surface area contributed by atoms with Crippen LogP contribution in [0.1, 0.15) is 29.5 Å². The Morgan fingerprint density at radius 2 is 1.89 bits per heavy atom. The van der Waals surface area contributed by atoms with E-state index in [1.165, 1.54) is 6.08 Å². The van der Waals surface area contributed by atoms with E-state index in [1.54, 1.807) is 37.5 Å². The minimum atomic E-state index is -0.374. The van der Waals surface area contributed by atoms with Crippen LogP contribution in [0.25, 0.3) is 17.0 Å². The van der Waals surface area contributed by atoms with Crippen LogP contribution < -0.4 is 10.1 Å². The van der Waals surface area contributed by atoms with Crippen molar-refractivity contribution in [1.82, 2.24) is 0 Å². The molecule has 0 fully saturated rings. The molecule has 1 amide bonds. The molecule has 0 unspecified atom stereocenters. The zero-order valence-corrected chi connectivity index (χ0v) is 15.7. The Kier molecular flexibility index (Phi) is 6.11. The van der Waals surface area contributed by atoms with Crippen molar-refractivity contribution in [2.75, 3.05) is 19.0 Å². The molecule has 3 aromatic rings. The Bertz CT molecular complexity index is 1000. The van der Waals surface area contributed by atoms with Gasteiger partial charge in [-0.1, -0.05) is 6.92 Å². The average Bonchev–Trinajstić information content (AvgIpc) is 3.13. The van der Waals surface area contributed by atoms with Gasteiger partial charge in [-0.3, -0.25) is 4.79 Å². The molecule has 144 valence electrons. The number of carbonyl (C=O) groups is 2. The molecular formula is C22H21NO5. The van der Waals surface area contributed by atoms with Gasteiger partial charge in [-0.25, -0.2) is 4.79 Å². The Morgan fingerprint density at radius 1 is 1.11 bits per heavy atom. The highest BCUT2D eigenvalue weighted by Gasteiger charge is 2.07. The van der Waals surface area contributed by atoms with Crippen LogP contribution in [0.2, 0.25) is 0 Å². The van der Waals surface area contributed by atoms with Gasteiger partial charge in [-0.2, -0.15) is 0 Å². The molecule has 6 heteroatoms. The third kappa shape index (κ3) is 4.79. The minimum Gasteiger partial charge on any atom is -0.497 e. The molecule has 6 nitrogen and oxygen atoms in total. The van der Waals surface area contributed by atoms with Crippen molar-refractivity contribution in [2.24, 2.45) is 0 Å².